The third kappa shape index (κ3) is 2.85. The van der Waals surface area contributed by atoms with E-state index in [0.29, 0.717) is 13.0 Å². The average Bonchev–Trinajstić information content (AvgIpc) is 3.28. The van der Waals surface area contributed by atoms with Crippen LogP contribution in [0.3, 0.4) is 0 Å². The number of rotatable bonds is 2. The van der Waals surface area contributed by atoms with Gasteiger partial charge in [-0.05, 0) is 68.7 Å². The van der Waals surface area contributed by atoms with Crippen molar-refractivity contribution in [2.75, 3.05) is 32.0 Å². The second kappa shape index (κ2) is 7.20. The fourth-order valence-corrected chi connectivity index (χ4v) is 5.52. The molecule has 3 heterocycles. The Bertz CT molecular complexity index is 984. The van der Waals surface area contributed by atoms with Crippen LogP contribution in [0.4, 0.5) is 10.1 Å². The zero-order chi connectivity index (χ0) is 20.9. The molecule has 0 aliphatic carbocycles. The van der Waals surface area contributed by atoms with Crippen LogP contribution in [0, 0.1) is 11.7 Å². The van der Waals surface area contributed by atoms with E-state index in [4.69, 9.17) is 0 Å². The zero-order valence-corrected chi connectivity index (χ0v) is 17.1. The number of para-hydroxylation sites is 1. The standard InChI is InChI=1S/C24H26FN3O2/c1-27-13-10-17(11-14-27)22(29)28-15-12-24(21(28)16-6-8-18(25)9-7-16)19-4-2-3-5-20(19)26-23(24)30/h2-9,17,21H,10-15H2,1H3,(H,26,30)/t21-,24+/m0/s1. The highest BCUT2D eigenvalue weighted by Crippen LogP contribution is 2.55. The Morgan fingerprint density at radius 3 is 2.50 bits per heavy atom. The van der Waals surface area contributed by atoms with Crippen molar-refractivity contribution in [1.29, 1.82) is 0 Å². The monoisotopic (exact) mass is 407 g/mol. The molecule has 2 amide bonds. The number of carbonyl (C=O) groups excluding carboxylic acids is 2. The van der Waals surface area contributed by atoms with Gasteiger partial charge >= 0.3 is 0 Å². The molecule has 0 bridgehead atoms. The minimum absolute atomic E-state index is 0.0287. The van der Waals surface area contributed by atoms with E-state index in [2.05, 4.69) is 17.3 Å². The van der Waals surface area contributed by atoms with Crippen molar-refractivity contribution in [3.63, 3.8) is 0 Å². The summed E-state index contributed by atoms with van der Waals surface area (Å²) in [5, 5.41) is 3.03. The fraction of sp³-hybridized carbons (Fsp3) is 0.417. The average molecular weight is 407 g/mol. The first-order valence-electron chi connectivity index (χ1n) is 10.7. The number of carbonyl (C=O) groups is 2. The molecule has 2 fully saturated rings. The van der Waals surface area contributed by atoms with E-state index in [0.717, 1.165) is 42.7 Å². The zero-order valence-electron chi connectivity index (χ0n) is 17.1. The van der Waals surface area contributed by atoms with Gasteiger partial charge in [-0.15, -0.1) is 0 Å². The van der Waals surface area contributed by atoms with Crippen LogP contribution < -0.4 is 5.32 Å². The van der Waals surface area contributed by atoms with E-state index < -0.39 is 11.5 Å². The van der Waals surface area contributed by atoms with Crippen molar-refractivity contribution in [3.05, 3.63) is 65.5 Å². The molecule has 3 aliphatic rings. The topological polar surface area (TPSA) is 52.7 Å². The van der Waals surface area contributed by atoms with Gasteiger partial charge in [0, 0.05) is 18.2 Å². The van der Waals surface area contributed by atoms with Crippen molar-refractivity contribution in [2.45, 2.75) is 30.7 Å². The molecule has 5 nitrogen and oxygen atoms in total. The molecule has 2 aromatic rings. The molecule has 2 saturated heterocycles. The SMILES string of the molecule is CN1CCC(C(=O)N2CC[C@]3(C(=O)Nc4ccccc43)[C@@H]2c2ccc(F)cc2)CC1. The van der Waals surface area contributed by atoms with Gasteiger partial charge in [-0.2, -0.15) is 0 Å². The van der Waals surface area contributed by atoms with Crippen LogP contribution in [0.1, 0.15) is 36.4 Å². The largest absolute Gasteiger partial charge is 0.334 e. The van der Waals surface area contributed by atoms with Gasteiger partial charge in [-0.3, -0.25) is 9.59 Å². The van der Waals surface area contributed by atoms with Gasteiger partial charge in [0.05, 0.1) is 6.04 Å². The van der Waals surface area contributed by atoms with E-state index in [9.17, 15) is 14.0 Å². The molecule has 5 rings (SSSR count). The van der Waals surface area contributed by atoms with Crippen LogP contribution in [0.15, 0.2) is 48.5 Å². The maximum Gasteiger partial charge on any atom is 0.237 e. The fourth-order valence-electron chi connectivity index (χ4n) is 5.52. The summed E-state index contributed by atoms with van der Waals surface area (Å²) >= 11 is 0. The molecular weight excluding hydrogens is 381 g/mol. The summed E-state index contributed by atoms with van der Waals surface area (Å²) in [7, 11) is 2.08. The number of amides is 2. The third-order valence-corrected chi connectivity index (χ3v) is 7.12. The third-order valence-electron chi connectivity index (χ3n) is 7.12. The summed E-state index contributed by atoms with van der Waals surface area (Å²) in [6.07, 6.45) is 2.23. The van der Waals surface area contributed by atoms with E-state index in [1.54, 1.807) is 12.1 Å². The molecule has 3 aliphatic heterocycles. The molecule has 6 heteroatoms. The number of nitrogens with zero attached hydrogens (tertiary/aromatic N) is 2. The van der Waals surface area contributed by atoms with Crippen LogP contribution in [0.25, 0.3) is 0 Å². The maximum absolute atomic E-state index is 13.7. The highest BCUT2D eigenvalue weighted by molar-refractivity contribution is 6.07. The molecular formula is C24H26FN3O2. The highest BCUT2D eigenvalue weighted by Gasteiger charge is 2.59. The first kappa shape index (κ1) is 19.2. The second-order valence-electron chi connectivity index (χ2n) is 8.78. The Labute approximate surface area is 175 Å². The molecule has 1 N–H and O–H groups in total. The predicted molar refractivity (Wildman–Crippen MR) is 112 cm³/mol. The van der Waals surface area contributed by atoms with Crippen LogP contribution in [-0.2, 0) is 15.0 Å². The lowest BCUT2D eigenvalue weighted by molar-refractivity contribution is -0.139. The molecule has 0 saturated carbocycles. The number of anilines is 1. The summed E-state index contributed by atoms with van der Waals surface area (Å²) < 4.78 is 13.7. The van der Waals surface area contributed by atoms with Crippen molar-refractivity contribution in [3.8, 4) is 0 Å². The number of hydrogen-bond donors (Lipinski definition) is 1. The lowest BCUT2D eigenvalue weighted by Gasteiger charge is -2.37. The Kier molecular flexibility index (Phi) is 4.62. The van der Waals surface area contributed by atoms with E-state index in [-0.39, 0.29) is 23.5 Å². The molecule has 2 aromatic carbocycles. The number of hydrogen-bond acceptors (Lipinski definition) is 3. The molecule has 0 radical (unpaired) electrons. The normalized spacial score (nSPS) is 26.8. The smallest absolute Gasteiger partial charge is 0.237 e. The Morgan fingerprint density at radius 1 is 1.07 bits per heavy atom. The summed E-state index contributed by atoms with van der Waals surface area (Å²) in [5.41, 5.74) is 1.71. The molecule has 0 unspecified atom stereocenters. The van der Waals surface area contributed by atoms with Crippen LogP contribution in [-0.4, -0.2) is 48.3 Å². The molecule has 30 heavy (non-hydrogen) atoms. The summed E-state index contributed by atoms with van der Waals surface area (Å²) in [6, 6.07) is 13.6. The van der Waals surface area contributed by atoms with Gasteiger partial charge in [0.15, 0.2) is 0 Å². The first-order valence-corrected chi connectivity index (χ1v) is 10.7. The van der Waals surface area contributed by atoms with E-state index >= 15 is 0 Å². The quantitative estimate of drug-likeness (QED) is 0.831. The molecule has 0 aromatic heterocycles. The number of piperidine rings is 1. The van der Waals surface area contributed by atoms with Crippen LogP contribution in [0.5, 0.6) is 0 Å². The minimum Gasteiger partial charge on any atom is -0.334 e. The number of likely N-dealkylation sites (tertiary alicyclic amines) is 2. The number of nitrogens with one attached hydrogen (secondary N) is 1. The van der Waals surface area contributed by atoms with Gasteiger partial charge < -0.3 is 15.1 Å². The van der Waals surface area contributed by atoms with Crippen LogP contribution >= 0.6 is 0 Å². The summed E-state index contributed by atoms with van der Waals surface area (Å²) in [4.78, 5) is 31.1. The van der Waals surface area contributed by atoms with Crippen LogP contribution in [0.2, 0.25) is 0 Å². The van der Waals surface area contributed by atoms with Crippen molar-refractivity contribution in [2.24, 2.45) is 5.92 Å². The summed E-state index contributed by atoms with van der Waals surface area (Å²) in [5.74, 6) is -0.308. The van der Waals surface area contributed by atoms with Gasteiger partial charge in [0.25, 0.3) is 0 Å². The number of benzene rings is 2. The second-order valence-corrected chi connectivity index (χ2v) is 8.78. The lowest BCUT2D eigenvalue weighted by Crippen LogP contribution is -2.45. The molecule has 156 valence electrons. The Hall–Kier alpha value is -2.73. The van der Waals surface area contributed by atoms with Crippen molar-refractivity contribution in [1.82, 2.24) is 9.80 Å². The highest BCUT2D eigenvalue weighted by atomic mass is 19.1. The number of halogens is 1. The van der Waals surface area contributed by atoms with E-state index in [1.165, 1.54) is 12.1 Å². The van der Waals surface area contributed by atoms with Gasteiger partial charge in [0.2, 0.25) is 11.8 Å². The lowest BCUT2D eigenvalue weighted by atomic mass is 9.72. The minimum atomic E-state index is -0.838. The number of fused-ring (bicyclic) bond motifs is 2. The maximum atomic E-state index is 13.7. The molecule has 1 spiro atoms. The van der Waals surface area contributed by atoms with Gasteiger partial charge in [-0.25, -0.2) is 4.39 Å². The first-order chi connectivity index (χ1) is 14.5. The van der Waals surface area contributed by atoms with Crippen molar-refractivity contribution >= 4 is 17.5 Å². The van der Waals surface area contributed by atoms with Crippen molar-refractivity contribution < 1.29 is 14.0 Å². The van der Waals surface area contributed by atoms with E-state index in [1.807, 2.05) is 29.2 Å². The molecule has 2 atom stereocenters. The summed E-state index contributed by atoms with van der Waals surface area (Å²) in [6.45, 7) is 2.33. The Balaban J connectivity index is 1.58. The Morgan fingerprint density at radius 2 is 1.77 bits per heavy atom. The van der Waals surface area contributed by atoms with Gasteiger partial charge in [0.1, 0.15) is 11.2 Å². The van der Waals surface area contributed by atoms with Gasteiger partial charge in [-0.1, -0.05) is 30.3 Å². The predicted octanol–water partition coefficient (Wildman–Crippen LogP) is 3.33.